The molecule has 1 atom stereocenters. The molecule has 0 fully saturated rings. The number of ether oxygens (including phenoxy) is 1. The summed E-state index contributed by atoms with van der Waals surface area (Å²) >= 11 is 0. The molecule has 2 rings (SSSR count). The van der Waals surface area contributed by atoms with E-state index in [1.807, 2.05) is 30.5 Å². The van der Waals surface area contributed by atoms with Crippen LogP contribution in [0.2, 0.25) is 0 Å². The summed E-state index contributed by atoms with van der Waals surface area (Å²) in [6, 6.07) is 6.45. The van der Waals surface area contributed by atoms with Crippen LogP contribution < -0.4 is 10.1 Å². The van der Waals surface area contributed by atoms with E-state index >= 15 is 0 Å². The van der Waals surface area contributed by atoms with Crippen LogP contribution in [-0.4, -0.2) is 27.7 Å². The van der Waals surface area contributed by atoms with E-state index in [4.69, 9.17) is 4.74 Å². The zero-order valence-electron chi connectivity index (χ0n) is 12.3. The molecule has 0 saturated carbocycles. The topological polar surface area (TPSA) is 76.4 Å². The number of hydrogen-bond acceptors (Lipinski definition) is 4. The molecule has 0 radical (unpaired) electrons. The van der Waals surface area contributed by atoms with E-state index < -0.39 is 12.0 Å². The maximum atomic E-state index is 11.6. The highest BCUT2D eigenvalue weighted by atomic mass is 16.5. The highest BCUT2D eigenvalue weighted by molar-refractivity contribution is 5.79. The number of benzene rings is 1. The van der Waals surface area contributed by atoms with E-state index in [1.54, 1.807) is 31.8 Å². The molecule has 1 aromatic heterocycles. The van der Waals surface area contributed by atoms with Crippen molar-refractivity contribution in [3.8, 4) is 5.75 Å². The largest absolute Gasteiger partial charge is 0.495 e. The number of carboxylic acids is 1. The SMILES string of the molecule is COc1ccccc1NC(C(=O)O)c1cncn1C(C)C. The molecule has 1 heterocycles. The lowest BCUT2D eigenvalue weighted by Gasteiger charge is -2.20. The van der Waals surface area contributed by atoms with E-state index in [9.17, 15) is 9.90 Å². The van der Waals surface area contributed by atoms with Gasteiger partial charge in [-0.05, 0) is 26.0 Å². The molecule has 0 aliphatic carbocycles. The third-order valence-electron chi connectivity index (χ3n) is 3.20. The van der Waals surface area contributed by atoms with E-state index in [0.717, 1.165) is 0 Å². The second-order valence-electron chi connectivity index (χ2n) is 4.94. The summed E-state index contributed by atoms with van der Waals surface area (Å²) in [6.07, 6.45) is 3.21. The number of aliphatic carboxylic acids is 1. The fourth-order valence-electron chi connectivity index (χ4n) is 2.15. The highest BCUT2D eigenvalue weighted by Crippen LogP contribution is 2.28. The summed E-state index contributed by atoms with van der Waals surface area (Å²) in [7, 11) is 1.55. The van der Waals surface area contributed by atoms with Gasteiger partial charge in [0.15, 0.2) is 6.04 Å². The summed E-state index contributed by atoms with van der Waals surface area (Å²) in [6.45, 7) is 3.96. The summed E-state index contributed by atoms with van der Waals surface area (Å²) < 4.78 is 7.08. The van der Waals surface area contributed by atoms with E-state index in [2.05, 4.69) is 10.3 Å². The Hall–Kier alpha value is -2.50. The van der Waals surface area contributed by atoms with Crippen molar-refractivity contribution in [3.63, 3.8) is 0 Å². The molecule has 6 nitrogen and oxygen atoms in total. The Morgan fingerprint density at radius 2 is 2.10 bits per heavy atom. The second kappa shape index (κ2) is 6.30. The van der Waals surface area contributed by atoms with Gasteiger partial charge in [-0.15, -0.1) is 0 Å². The van der Waals surface area contributed by atoms with Gasteiger partial charge in [0.1, 0.15) is 5.75 Å². The highest BCUT2D eigenvalue weighted by Gasteiger charge is 2.25. The zero-order chi connectivity index (χ0) is 15.4. The number of rotatable bonds is 6. The van der Waals surface area contributed by atoms with Gasteiger partial charge in [0, 0.05) is 6.04 Å². The molecule has 0 bridgehead atoms. The Morgan fingerprint density at radius 3 is 2.71 bits per heavy atom. The molecule has 0 aliphatic heterocycles. The van der Waals surface area contributed by atoms with Gasteiger partial charge >= 0.3 is 5.97 Å². The molecule has 6 heteroatoms. The number of nitrogens with zero attached hydrogens (tertiary/aromatic N) is 2. The number of imidazole rings is 1. The van der Waals surface area contributed by atoms with Crippen molar-refractivity contribution in [2.24, 2.45) is 0 Å². The van der Waals surface area contributed by atoms with Crippen molar-refractivity contribution in [1.82, 2.24) is 9.55 Å². The summed E-state index contributed by atoms with van der Waals surface area (Å²) in [5.41, 5.74) is 1.23. The van der Waals surface area contributed by atoms with Crippen molar-refractivity contribution in [2.75, 3.05) is 12.4 Å². The molecular formula is C15H19N3O3. The van der Waals surface area contributed by atoms with Crippen LogP contribution in [0.1, 0.15) is 31.6 Å². The minimum atomic E-state index is -0.969. The Balaban J connectivity index is 2.36. The van der Waals surface area contributed by atoms with Gasteiger partial charge in [0.05, 0.1) is 31.0 Å². The first kappa shape index (κ1) is 14.9. The van der Waals surface area contributed by atoms with Gasteiger partial charge in [-0.2, -0.15) is 0 Å². The van der Waals surface area contributed by atoms with Gasteiger partial charge in [0.25, 0.3) is 0 Å². The van der Waals surface area contributed by atoms with Gasteiger partial charge in [-0.25, -0.2) is 9.78 Å². The smallest absolute Gasteiger partial charge is 0.332 e. The van der Waals surface area contributed by atoms with Gasteiger partial charge in [0.2, 0.25) is 0 Å². The molecule has 2 aromatic rings. The van der Waals surface area contributed by atoms with E-state index in [0.29, 0.717) is 17.1 Å². The lowest BCUT2D eigenvalue weighted by atomic mass is 10.1. The molecule has 0 amide bonds. The molecular weight excluding hydrogens is 270 g/mol. The standard InChI is InChI=1S/C15H19N3O3/c1-10(2)18-9-16-8-12(18)14(15(19)20)17-11-6-4-5-7-13(11)21-3/h4-10,14,17H,1-3H3,(H,19,20). The van der Waals surface area contributed by atoms with Crippen molar-refractivity contribution in [2.45, 2.75) is 25.9 Å². The molecule has 0 aliphatic rings. The van der Waals surface area contributed by atoms with Crippen molar-refractivity contribution in [1.29, 1.82) is 0 Å². The van der Waals surface area contributed by atoms with Crippen molar-refractivity contribution in [3.05, 3.63) is 42.5 Å². The Kier molecular flexibility index (Phi) is 4.47. The van der Waals surface area contributed by atoms with Crippen LogP contribution in [0.25, 0.3) is 0 Å². The first-order valence-corrected chi connectivity index (χ1v) is 6.68. The van der Waals surface area contributed by atoms with Crippen LogP contribution in [0.15, 0.2) is 36.8 Å². The van der Waals surface area contributed by atoms with Crippen LogP contribution in [0.4, 0.5) is 5.69 Å². The average molecular weight is 289 g/mol. The van der Waals surface area contributed by atoms with Crippen molar-refractivity contribution < 1.29 is 14.6 Å². The number of carboxylic acid groups (broad SMARTS) is 1. The van der Waals surface area contributed by atoms with Crippen LogP contribution in [0.3, 0.4) is 0 Å². The van der Waals surface area contributed by atoms with Gasteiger partial charge < -0.3 is 19.7 Å². The minimum absolute atomic E-state index is 0.129. The summed E-state index contributed by atoms with van der Waals surface area (Å²) in [5.74, 6) is -0.373. The second-order valence-corrected chi connectivity index (χ2v) is 4.94. The van der Waals surface area contributed by atoms with E-state index in [-0.39, 0.29) is 6.04 Å². The van der Waals surface area contributed by atoms with Crippen LogP contribution in [0, 0.1) is 0 Å². The molecule has 112 valence electrons. The normalized spacial score (nSPS) is 12.2. The number of anilines is 1. The maximum absolute atomic E-state index is 11.6. The van der Waals surface area contributed by atoms with Crippen LogP contribution >= 0.6 is 0 Å². The number of methoxy groups -OCH3 is 1. The molecule has 1 aromatic carbocycles. The Morgan fingerprint density at radius 1 is 1.38 bits per heavy atom. The monoisotopic (exact) mass is 289 g/mol. The predicted molar refractivity (Wildman–Crippen MR) is 79.6 cm³/mol. The number of carbonyl (C=O) groups is 1. The van der Waals surface area contributed by atoms with Crippen molar-refractivity contribution >= 4 is 11.7 Å². The third kappa shape index (κ3) is 3.16. The maximum Gasteiger partial charge on any atom is 0.332 e. The van der Waals surface area contributed by atoms with E-state index in [1.165, 1.54) is 0 Å². The third-order valence-corrected chi connectivity index (χ3v) is 3.20. The molecule has 1 unspecified atom stereocenters. The van der Waals surface area contributed by atoms with Crippen LogP contribution in [-0.2, 0) is 4.79 Å². The average Bonchev–Trinajstić information content (AvgIpc) is 2.94. The number of hydrogen-bond donors (Lipinski definition) is 2. The van der Waals surface area contributed by atoms with Gasteiger partial charge in [-0.1, -0.05) is 12.1 Å². The first-order valence-electron chi connectivity index (χ1n) is 6.68. The fraction of sp³-hybridized carbons (Fsp3) is 0.333. The predicted octanol–water partition coefficient (Wildman–Crippen LogP) is 2.71. The number of nitrogens with one attached hydrogen (secondary N) is 1. The first-order chi connectivity index (χ1) is 10.0. The lowest BCUT2D eigenvalue weighted by molar-refractivity contribution is -0.138. The molecule has 2 N–H and O–H groups in total. The molecule has 0 saturated heterocycles. The quantitative estimate of drug-likeness (QED) is 0.855. The zero-order valence-corrected chi connectivity index (χ0v) is 12.3. The number of para-hydroxylation sites is 2. The molecule has 0 spiro atoms. The number of aromatic nitrogens is 2. The Bertz CT molecular complexity index is 622. The van der Waals surface area contributed by atoms with Gasteiger partial charge in [-0.3, -0.25) is 0 Å². The van der Waals surface area contributed by atoms with Crippen LogP contribution in [0.5, 0.6) is 5.75 Å². The summed E-state index contributed by atoms with van der Waals surface area (Å²) in [5, 5.41) is 12.5. The lowest BCUT2D eigenvalue weighted by Crippen LogP contribution is -2.24. The molecule has 21 heavy (non-hydrogen) atoms. The minimum Gasteiger partial charge on any atom is -0.495 e. The Labute approximate surface area is 123 Å². The summed E-state index contributed by atoms with van der Waals surface area (Å²) in [4.78, 5) is 15.7. The fourth-order valence-corrected chi connectivity index (χ4v) is 2.15.